The molecule has 158 valence electrons. The summed E-state index contributed by atoms with van der Waals surface area (Å²) in [5.74, 6) is 0.478. The fourth-order valence-corrected chi connectivity index (χ4v) is 5.50. The molecule has 4 rings (SSSR count). The number of hydrogen-bond donors (Lipinski definition) is 1. The molecule has 0 unspecified atom stereocenters. The zero-order valence-corrected chi connectivity index (χ0v) is 17.9. The van der Waals surface area contributed by atoms with Crippen LogP contribution in [0.1, 0.15) is 5.56 Å². The number of rotatable bonds is 7. The summed E-state index contributed by atoms with van der Waals surface area (Å²) in [6, 6.07) is 12.8. The molecule has 1 saturated heterocycles. The topological polar surface area (TPSA) is 95.8 Å². The lowest BCUT2D eigenvalue weighted by molar-refractivity contribution is -0.117. The molecule has 1 aliphatic rings. The van der Waals surface area contributed by atoms with E-state index < -0.39 is 10.0 Å². The van der Waals surface area contributed by atoms with E-state index >= 15 is 0 Å². The number of amides is 1. The van der Waals surface area contributed by atoms with E-state index in [1.54, 1.807) is 12.3 Å². The first kappa shape index (κ1) is 20.7. The molecule has 0 bridgehead atoms. The van der Waals surface area contributed by atoms with Crippen LogP contribution in [-0.4, -0.2) is 61.2 Å². The Morgan fingerprint density at radius 2 is 1.87 bits per heavy atom. The van der Waals surface area contributed by atoms with Gasteiger partial charge in [0.1, 0.15) is 5.69 Å². The molecule has 30 heavy (non-hydrogen) atoms. The van der Waals surface area contributed by atoms with Crippen molar-refractivity contribution in [3.63, 3.8) is 0 Å². The Hall–Kier alpha value is -2.53. The van der Waals surface area contributed by atoms with Crippen molar-refractivity contribution in [3.05, 3.63) is 59.7 Å². The third kappa shape index (κ3) is 5.14. The van der Waals surface area contributed by atoms with Crippen LogP contribution < -0.4 is 5.32 Å². The minimum atomic E-state index is -3.37. The molecule has 8 nitrogen and oxygen atoms in total. The number of furan rings is 1. The maximum absolute atomic E-state index is 12.6. The molecule has 1 aliphatic heterocycles. The predicted octanol–water partition coefficient (Wildman–Crippen LogP) is 2.49. The van der Waals surface area contributed by atoms with Gasteiger partial charge in [0, 0.05) is 31.6 Å². The third-order valence-corrected chi connectivity index (χ3v) is 7.42. The number of piperazine rings is 1. The Labute approximate surface area is 179 Å². The average molecular weight is 447 g/mol. The van der Waals surface area contributed by atoms with Gasteiger partial charge >= 0.3 is 0 Å². The third-order valence-electron chi connectivity index (χ3n) is 4.81. The Morgan fingerprint density at radius 1 is 1.10 bits per heavy atom. The Bertz CT molecular complexity index is 1070. The fourth-order valence-electron chi connectivity index (χ4n) is 3.27. The van der Waals surface area contributed by atoms with Gasteiger partial charge in [-0.15, -0.1) is 11.3 Å². The number of nitrogens with zero attached hydrogens (tertiary/aromatic N) is 3. The Balaban J connectivity index is 1.26. The molecule has 0 atom stereocenters. The minimum Gasteiger partial charge on any atom is -0.463 e. The largest absolute Gasteiger partial charge is 0.463 e. The second kappa shape index (κ2) is 9.09. The number of anilines is 1. The number of benzene rings is 1. The number of nitrogens with one attached hydrogen (secondary N) is 1. The summed E-state index contributed by atoms with van der Waals surface area (Å²) in [5, 5.41) is 5.13. The quantitative estimate of drug-likeness (QED) is 0.599. The predicted molar refractivity (Wildman–Crippen MR) is 116 cm³/mol. The first-order chi connectivity index (χ1) is 14.5. The highest BCUT2D eigenvalue weighted by Gasteiger charge is 2.27. The highest BCUT2D eigenvalue weighted by molar-refractivity contribution is 7.88. The van der Waals surface area contributed by atoms with Gasteiger partial charge in [0.05, 0.1) is 18.6 Å². The second-order valence-corrected chi connectivity index (χ2v) is 9.81. The van der Waals surface area contributed by atoms with E-state index in [4.69, 9.17) is 4.42 Å². The van der Waals surface area contributed by atoms with Crippen molar-refractivity contribution in [2.45, 2.75) is 5.75 Å². The van der Waals surface area contributed by atoms with E-state index in [-0.39, 0.29) is 18.2 Å². The van der Waals surface area contributed by atoms with E-state index in [2.05, 4.69) is 10.3 Å². The average Bonchev–Trinajstić information content (AvgIpc) is 3.40. The Morgan fingerprint density at radius 3 is 2.57 bits per heavy atom. The molecule has 1 N–H and O–H groups in total. The van der Waals surface area contributed by atoms with Crippen LogP contribution in [0.15, 0.2) is 58.5 Å². The van der Waals surface area contributed by atoms with Gasteiger partial charge in [-0.25, -0.2) is 13.4 Å². The van der Waals surface area contributed by atoms with Gasteiger partial charge < -0.3 is 9.73 Å². The maximum Gasteiger partial charge on any atom is 0.240 e. The molecule has 1 aromatic carbocycles. The first-order valence-electron chi connectivity index (χ1n) is 9.53. The van der Waals surface area contributed by atoms with E-state index in [1.807, 2.05) is 46.7 Å². The summed E-state index contributed by atoms with van der Waals surface area (Å²) >= 11 is 1.33. The summed E-state index contributed by atoms with van der Waals surface area (Å²) < 4.78 is 32.1. The maximum atomic E-state index is 12.6. The van der Waals surface area contributed by atoms with Crippen LogP contribution in [0.4, 0.5) is 5.13 Å². The van der Waals surface area contributed by atoms with Crippen LogP contribution in [0.25, 0.3) is 11.5 Å². The molecule has 3 aromatic rings. The van der Waals surface area contributed by atoms with Crippen LogP contribution >= 0.6 is 11.3 Å². The van der Waals surface area contributed by atoms with Gasteiger partial charge in [0.2, 0.25) is 15.9 Å². The monoisotopic (exact) mass is 446 g/mol. The number of thiazole rings is 1. The molecule has 10 heteroatoms. The molecular weight excluding hydrogens is 424 g/mol. The van der Waals surface area contributed by atoms with Gasteiger partial charge in [-0.1, -0.05) is 30.3 Å². The van der Waals surface area contributed by atoms with Crippen molar-refractivity contribution in [3.8, 4) is 11.5 Å². The van der Waals surface area contributed by atoms with Crippen LogP contribution in [0, 0.1) is 0 Å². The van der Waals surface area contributed by atoms with Crippen LogP contribution in [0.2, 0.25) is 0 Å². The number of carbonyl (C=O) groups is 1. The summed E-state index contributed by atoms with van der Waals surface area (Å²) in [4.78, 5) is 18.7. The molecule has 0 radical (unpaired) electrons. The van der Waals surface area contributed by atoms with Crippen molar-refractivity contribution in [2.75, 3.05) is 38.0 Å². The first-order valence-corrected chi connectivity index (χ1v) is 12.0. The zero-order valence-electron chi connectivity index (χ0n) is 16.2. The molecule has 0 saturated carbocycles. The van der Waals surface area contributed by atoms with Crippen LogP contribution in [0.3, 0.4) is 0 Å². The number of sulfonamides is 1. The smallest absolute Gasteiger partial charge is 0.240 e. The van der Waals surface area contributed by atoms with Crippen molar-refractivity contribution in [2.24, 2.45) is 0 Å². The zero-order chi connectivity index (χ0) is 21.0. The van der Waals surface area contributed by atoms with Gasteiger partial charge in [-0.3, -0.25) is 9.69 Å². The minimum absolute atomic E-state index is 0.00360. The lowest BCUT2D eigenvalue weighted by Gasteiger charge is -2.33. The van der Waals surface area contributed by atoms with Crippen molar-refractivity contribution >= 4 is 32.4 Å². The molecule has 2 aromatic heterocycles. The number of carbonyl (C=O) groups excluding carboxylic acids is 1. The molecule has 3 heterocycles. The molecule has 1 fully saturated rings. The normalized spacial score (nSPS) is 15.9. The van der Waals surface area contributed by atoms with Gasteiger partial charge in [-0.2, -0.15) is 4.31 Å². The fraction of sp³-hybridized carbons (Fsp3) is 0.300. The van der Waals surface area contributed by atoms with Gasteiger partial charge in [0.15, 0.2) is 10.9 Å². The second-order valence-electron chi connectivity index (χ2n) is 6.98. The lowest BCUT2D eigenvalue weighted by Crippen LogP contribution is -2.50. The van der Waals surface area contributed by atoms with Crippen LogP contribution in [0.5, 0.6) is 0 Å². The van der Waals surface area contributed by atoms with Crippen molar-refractivity contribution in [1.82, 2.24) is 14.2 Å². The number of aromatic nitrogens is 1. The van der Waals surface area contributed by atoms with E-state index in [0.29, 0.717) is 42.8 Å². The highest BCUT2D eigenvalue weighted by atomic mass is 32.2. The highest BCUT2D eigenvalue weighted by Crippen LogP contribution is 2.25. The summed E-state index contributed by atoms with van der Waals surface area (Å²) in [7, 11) is -3.37. The van der Waals surface area contributed by atoms with E-state index in [1.165, 1.54) is 15.6 Å². The summed E-state index contributed by atoms with van der Waals surface area (Å²) in [5.41, 5.74) is 1.45. The molecule has 1 amide bonds. The molecular formula is C20H22N4O4S2. The standard InChI is InChI=1S/C20H22N4O4S2/c25-19(22-20-21-17(14-29-20)18-7-4-12-28-18)13-23-8-10-24(11-9-23)30(26,27)15-16-5-2-1-3-6-16/h1-7,12,14H,8-11,13,15H2,(H,21,22,25). The Kier molecular flexibility index (Phi) is 6.28. The van der Waals surface area contributed by atoms with Crippen molar-refractivity contribution < 1.29 is 17.6 Å². The molecule has 0 spiro atoms. The van der Waals surface area contributed by atoms with Gasteiger partial charge in [0.25, 0.3) is 0 Å². The summed E-state index contributed by atoms with van der Waals surface area (Å²) in [6.07, 6.45) is 1.58. The van der Waals surface area contributed by atoms with E-state index in [0.717, 1.165) is 5.56 Å². The number of hydrogen-bond acceptors (Lipinski definition) is 7. The summed E-state index contributed by atoms with van der Waals surface area (Å²) in [6.45, 7) is 1.97. The van der Waals surface area contributed by atoms with E-state index in [9.17, 15) is 13.2 Å². The van der Waals surface area contributed by atoms with Gasteiger partial charge in [-0.05, 0) is 17.7 Å². The lowest BCUT2D eigenvalue weighted by atomic mass is 10.2. The molecule has 0 aliphatic carbocycles. The van der Waals surface area contributed by atoms with Crippen molar-refractivity contribution in [1.29, 1.82) is 0 Å². The van der Waals surface area contributed by atoms with Crippen LogP contribution in [-0.2, 0) is 20.6 Å². The SMILES string of the molecule is O=C(CN1CCN(S(=O)(=O)Cc2ccccc2)CC1)Nc1nc(-c2ccco2)cs1.